The average molecular weight is 292 g/mol. The summed E-state index contributed by atoms with van der Waals surface area (Å²) in [6.07, 6.45) is 8.90. The normalized spacial score (nSPS) is 21.8. The van der Waals surface area contributed by atoms with Crippen LogP contribution < -0.4 is 5.32 Å². The topological polar surface area (TPSA) is 42.2 Å². The lowest BCUT2D eigenvalue weighted by atomic mass is 9.75. The Morgan fingerprint density at radius 1 is 1.35 bits per heavy atom. The molecule has 1 aromatic rings. The first-order valence-corrected chi connectivity index (χ1v) is 8.56. The summed E-state index contributed by atoms with van der Waals surface area (Å²) in [5.74, 6) is 1.24. The van der Waals surface area contributed by atoms with Crippen LogP contribution in [0.5, 0.6) is 0 Å². The van der Waals surface area contributed by atoms with Crippen molar-refractivity contribution in [1.29, 1.82) is 0 Å². The molecule has 0 amide bonds. The van der Waals surface area contributed by atoms with Crippen molar-refractivity contribution < 1.29 is 0 Å². The lowest BCUT2D eigenvalue weighted by molar-refractivity contribution is 0.232. The second-order valence-corrected chi connectivity index (χ2v) is 7.17. The molecule has 3 rings (SSSR count). The molecule has 5 heteroatoms. The Kier molecular flexibility index (Phi) is 4.06. The van der Waals surface area contributed by atoms with Gasteiger partial charge in [0, 0.05) is 37.1 Å². The maximum Gasteiger partial charge on any atom is 0.156 e. The Morgan fingerprint density at radius 3 is 2.75 bits per heavy atom. The molecule has 0 bridgehead atoms. The smallest absolute Gasteiger partial charge is 0.156 e. The Bertz CT molecular complexity index is 500. The number of nitrogens with zero attached hydrogens (tertiary/aromatic N) is 3. The van der Waals surface area contributed by atoms with E-state index < -0.39 is 0 Å². The van der Waals surface area contributed by atoms with Crippen LogP contribution in [-0.4, -0.2) is 27.2 Å². The molecule has 20 heavy (non-hydrogen) atoms. The van der Waals surface area contributed by atoms with Gasteiger partial charge in [0.2, 0.25) is 0 Å². The van der Waals surface area contributed by atoms with Crippen molar-refractivity contribution in [3.8, 4) is 0 Å². The molecule has 2 aliphatic rings. The number of rotatable bonds is 2. The van der Waals surface area contributed by atoms with Gasteiger partial charge in [0.05, 0.1) is 6.20 Å². The van der Waals surface area contributed by atoms with E-state index in [2.05, 4.69) is 17.3 Å². The van der Waals surface area contributed by atoms with Crippen LogP contribution in [0.4, 0.5) is 0 Å². The van der Waals surface area contributed by atoms with Gasteiger partial charge in [-0.1, -0.05) is 31.0 Å². The van der Waals surface area contributed by atoms with Crippen LogP contribution in [0.3, 0.4) is 0 Å². The number of aromatic nitrogens is 2. The summed E-state index contributed by atoms with van der Waals surface area (Å²) in [6, 6.07) is 0. The summed E-state index contributed by atoms with van der Waals surface area (Å²) in [6.45, 7) is 3.96. The van der Waals surface area contributed by atoms with Crippen LogP contribution in [0, 0.1) is 12.3 Å². The van der Waals surface area contributed by atoms with E-state index in [1.807, 2.05) is 29.7 Å². The van der Waals surface area contributed by atoms with E-state index in [0.29, 0.717) is 5.41 Å². The fraction of sp³-hybridized carbons (Fsp3) is 0.733. The molecule has 1 aliphatic heterocycles. The monoisotopic (exact) mass is 292 g/mol. The van der Waals surface area contributed by atoms with E-state index >= 15 is 0 Å². The van der Waals surface area contributed by atoms with Gasteiger partial charge >= 0.3 is 0 Å². The number of thioether (sulfide) groups is 1. The molecular weight excluding hydrogens is 268 g/mol. The minimum Gasteiger partial charge on any atom is -0.361 e. The summed E-state index contributed by atoms with van der Waals surface area (Å²) in [5, 5.41) is 8.87. The van der Waals surface area contributed by atoms with Crippen LogP contribution in [0.15, 0.2) is 11.2 Å². The maximum absolute atomic E-state index is 4.80. The van der Waals surface area contributed by atoms with Crippen molar-refractivity contribution in [2.75, 3.05) is 12.3 Å². The first-order valence-electron chi connectivity index (χ1n) is 7.57. The average Bonchev–Trinajstić information content (AvgIpc) is 2.79. The molecule has 4 nitrogen and oxygen atoms in total. The SMILES string of the molecule is Cc1c(CNC2=NCC3(CCCCC3)CS2)cnn1C. The van der Waals surface area contributed by atoms with Crippen molar-refractivity contribution in [3.63, 3.8) is 0 Å². The molecule has 110 valence electrons. The van der Waals surface area contributed by atoms with Crippen LogP contribution in [0.25, 0.3) is 0 Å². The fourth-order valence-electron chi connectivity index (χ4n) is 3.15. The molecule has 1 saturated carbocycles. The van der Waals surface area contributed by atoms with Crippen LogP contribution in [-0.2, 0) is 13.6 Å². The Morgan fingerprint density at radius 2 is 2.15 bits per heavy atom. The molecule has 1 fully saturated rings. The van der Waals surface area contributed by atoms with Gasteiger partial charge in [-0.05, 0) is 25.2 Å². The van der Waals surface area contributed by atoms with Crippen molar-refractivity contribution in [2.45, 2.75) is 45.6 Å². The van der Waals surface area contributed by atoms with Crippen molar-refractivity contribution in [3.05, 3.63) is 17.5 Å². The van der Waals surface area contributed by atoms with Gasteiger partial charge in [-0.25, -0.2) is 0 Å². The van der Waals surface area contributed by atoms with Crippen molar-refractivity contribution >= 4 is 16.9 Å². The van der Waals surface area contributed by atoms with Gasteiger partial charge in [0.15, 0.2) is 5.17 Å². The molecule has 1 aromatic heterocycles. The van der Waals surface area contributed by atoms with Gasteiger partial charge in [0.1, 0.15) is 0 Å². The highest BCUT2D eigenvalue weighted by molar-refractivity contribution is 8.13. The first-order chi connectivity index (χ1) is 9.69. The summed E-state index contributed by atoms with van der Waals surface area (Å²) in [7, 11) is 1.98. The number of hydrogen-bond donors (Lipinski definition) is 1. The molecule has 2 heterocycles. The largest absolute Gasteiger partial charge is 0.361 e. The molecule has 0 atom stereocenters. The Labute approximate surface area is 125 Å². The summed E-state index contributed by atoms with van der Waals surface area (Å²) in [5.41, 5.74) is 3.00. The fourth-order valence-corrected chi connectivity index (χ4v) is 4.30. The highest BCUT2D eigenvalue weighted by atomic mass is 32.2. The van der Waals surface area contributed by atoms with Gasteiger partial charge < -0.3 is 5.32 Å². The highest BCUT2D eigenvalue weighted by Gasteiger charge is 2.34. The standard InChI is InChI=1S/C15H24N4S/c1-12-13(9-18-19(12)2)8-16-14-17-10-15(11-20-14)6-4-3-5-7-15/h9H,3-8,10-11H2,1-2H3,(H,16,17). The zero-order valence-corrected chi connectivity index (χ0v) is 13.3. The number of hydrogen-bond acceptors (Lipinski definition) is 4. The van der Waals surface area contributed by atoms with Crippen LogP contribution in [0.2, 0.25) is 0 Å². The van der Waals surface area contributed by atoms with E-state index in [1.54, 1.807) is 0 Å². The molecule has 0 radical (unpaired) electrons. The molecule has 1 aliphatic carbocycles. The second-order valence-electron chi connectivity index (χ2n) is 6.20. The number of amidine groups is 1. The van der Waals surface area contributed by atoms with Crippen LogP contribution >= 0.6 is 11.8 Å². The summed E-state index contributed by atoms with van der Waals surface area (Å²) < 4.78 is 1.92. The number of aliphatic imine (C=N–C) groups is 1. The summed E-state index contributed by atoms with van der Waals surface area (Å²) >= 11 is 1.91. The van der Waals surface area contributed by atoms with Gasteiger partial charge in [-0.15, -0.1) is 0 Å². The minimum absolute atomic E-state index is 0.512. The van der Waals surface area contributed by atoms with E-state index in [-0.39, 0.29) is 0 Å². The molecular formula is C15H24N4S. The maximum atomic E-state index is 4.80. The van der Waals surface area contributed by atoms with E-state index in [9.17, 15) is 0 Å². The molecule has 1 N–H and O–H groups in total. The lowest BCUT2D eigenvalue weighted by Gasteiger charge is -2.38. The highest BCUT2D eigenvalue weighted by Crippen LogP contribution is 2.41. The zero-order chi connectivity index (χ0) is 14.0. The van der Waals surface area contributed by atoms with Crippen molar-refractivity contribution in [1.82, 2.24) is 15.1 Å². The van der Waals surface area contributed by atoms with E-state index in [0.717, 1.165) is 18.3 Å². The zero-order valence-electron chi connectivity index (χ0n) is 12.5. The number of aryl methyl sites for hydroxylation is 1. The van der Waals surface area contributed by atoms with Gasteiger partial charge in [0.25, 0.3) is 0 Å². The van der Waals surface area contributed by atoms with Crippen molar-refractivity contribution in [2.24, 2.45) is 17.5 Å². The quantitative estimate of drug-likeness (QED) is 0.911. The molecule has 0 aromatic carbocycles. The van der Waals surface area contributed by atoms with Gasteiger partial charge in [-0.3, -0.25) is 9.67 Å². The lowest BCUT2D eigenvalue weighted by Crippen LogP contribution is -2.36. The van der Waals surface area contributed by atoms with E-state index in [1.165, 1.54) is 49.1 Å². The van der Waals surface area contributed by atoms with Gasteiger partial charge in [-0.2, -0.15) is 5.10 Å². The Balaban J connectivity index is 1.56. The van der Waals surface area contributed by atoms with Crippen LogP contribution in [0.1, 0.15) is 43.4 Å². The number of nitrogens with one attached hydrogen (secondary N) is 1. The minimum atomic E-state index is 0.512. The predicted molar refractivity (Wildman–Crippen MR) is 85.1 cm³/mol. The third kappa shape index (κ3) is 2.87. The third-order valence-corrected chi connectivity index (χ3v) is 6.06. The third-order valence-electron chi connectivity index (χ3n) is 4.75. The molecule has 0 saturated heterocycles. The Hall–Kier alpha value is -0.970. The molecule has 0 unspecified atom stereocenters. The molecule has 1 spiro atoms. The predicted octanol–water partition coefficient (Wildman–Crippen LogP) is 2.87. The second kappa shape index (κ2) is 5.80. The van der Waals surface area contributed by atoms with E-state index in [4.69, 9.17) is 4.99 Å². The summed E-state index contributed by atoms with van der Waals surface area (Å²) in [4.78, 5) is 4.80. The first kappa shape index (κ1) is 14.0.